The van der Waals surface area contributed by atoms with Crippen molar-refractivity contribution in [3.8, 4) is 0 Å². The Labute approximate surface area is 87.6 Å². The lowest BCUT2D eigenvalue weighted by Crippen LogP contribution is -2.36. The minimum Gasteiger partial charge on any atom is -0.294 e. The molecule has 0 bridgehead atoms. The summed E-state index contributed by atoms with van der Waals surface area (Å²) in [5.41, 5.74) is -0.0120. The van der Waals surface area contributed by atoms with Gasteiger partial charge in [0.25, 0.3) is 0 Å². The molecule has 1 fully saturated rings. The van der Waals surface area contributed by atoms with Gasteiger partial charge in [0.05, 0.1) is 0 Å². The molecule has 2 atom stereocenters. The number of rotatable bonds is 2. The first-order valence-corrected chi connectivity index (χ1v) is 5.50. The van der Waals surface area contributed by atoms with E-state index in [1.165, 1.54) is 0 Å². The van der Waals surface area contributed by atoms with Gasteiger partial charge in [0.2, 0.25) is 0 Å². The smallest absolute Gasteiger partial charge is 0.161 e. The molecule has 0 aromatic carbocycles. The Kier molecular flexibility index (Phi) is 2.89. The van der Waals surface area contributed by atoms with E-state index in [0.717, 1.165) is 12.8 Å². The molecule has 1 aliphatic rings. The van der Waals surface area contributed by atoms with Crippen LogP contribution in [0.15, 0.2) is 12.2 Å². The fourth-order valence-electron chi connectivity index (χ4n) is 2.91. The third-order valence-electron chi connectivity index (χ3n) is 3.97. The molecule has 1 rings (SSSR count). The summed E-state index contributed by atoms with van der Waals surface area (Å²) in [6.07, 6.45) is 5.78. The van der Waals surface area contributed by atoms with E-state index in [0.29, 0.717) is 11.7 Å². The van der Waals surface area contributed by atoms with E-state index in [-0.39, 0.29) is 10.8 Å². The monoisotopic (exact) mass is 194 g/mol. The SMILES string of the molecule is C/C=C/C(=O)C1(C)CC(C)CC1(C)C. The molecule has 0 aromatic heterocycles. The summed E-state index contributed by atoms with van der Waals surface area (Å²) < 4.78 is 0. The number of carbonyl (C=O) groups excluding carboxylic acids is 1. The summed E-state index contributed by atoms with van der Waals surface area (Å²) in [6, 6.07) is 0. The Morgan fingerprint density at radius 3 is 2.21 bits per heavy atom. The van der Waals surface area contributed by atoms with Crippen LogP contribution in [0.3, 0.4) is 0 Å². The second-order valence-electron chi connectivity index (χ2n) is 5.59. The van der Waals surface area contributed by atoms with E-state index in [2.05, 4.69) is 27.7 Å². The molecular weight excluding hydrogens is 172 g/mol. The van der Waals surface area contributed by atoms with Crippen LogP contribution in [0.5, 0.6) is 0 Å². The van der Waals surface area contributed by atoms with Crippen LogP contribution in [0.2, 0.25) is 0 Å². The van der Waals surface area contributed by atoms with Gasteiger partial charge in [0, 0.05) is 5.41 Å². The predicted octanol–water partition coefficient (Wildman–Crippen LogP) is 3.59. The quantitative estimate of drug-likeness (QED) is 0.614. The zero-order chi connectivity index (χ0) is 11.0. The van der Waals surface area contributed by atoms with Gasteiger partial charge in [-0.1, -0.05) is 33.8 Å². The van der Waals surface area contributed by atoms with Crippen molar-refractivity contribution in [3.05, 3.63) is 12.2 Å². The second-order valence-corrected chi connectivity index (χ2v) is 5.59. The summed E-state index contributed by atoms with van der Waals surface area (Å²) in [5, 5.41) is 0. The molecule has 0 heterocycles. The zero-order valence-electron chi connectivity index (χ0n) is 10.1. The van der Waals surface area contributed by atoms with Gasteiger partial charge >= 0.3 is 0 Å². The van der Waals surface area contributed by atoms with Crippen LogP contribution in [0.25, 0.3) is 0 Å². The van der Waals surface area contributed by atoms with Gasteiger partial charge in [0.1, 0.15) is 0 Å². The van der Waals surface area contributed by atoms with E-state index in [9.17, 15) is 4.79 Å². The molecule has 2 unspecified atom stereocenters. The highest BCUT2D eigenvalue weighted by Crippen LogP contribution is 2.55. The lowest BCUT2D eigenvalue weighted by Gasteiger charge is -2.36. The number of ketones is 1. The summed E-state index contributed by atoms with van der Waals surface area (Å²) >= 11 is 0. The molecule has 0 saturated heterocycles. The Bertz CT molecular complexity index is 262. The molecule has 0 aromatic rings. The van der Waals surface area contributed by atoms with Gasteiger partial charge in [-0.15, -0.1) is 0 Å². The summed E-state index contributed by atoms with van der Waals surface area (Å²) in [4.78, 5) is 12.0. The van der Waals surface area contributed by atoms with E-state index in [1.54, 1.807) is 6.08 Å². The van der Waals surface area contributed by atoms with Crippen LogP contribution in [0, 0.1) is 16.7 Å². The topological polar surface area (TPSA) is 17.1 Å². The van der Waals surface area contributed by atoms with Crippen molar-refractivity contribution in [2.24, 2.45) is 16.7 Å². The number of hydrogen-bond donors (Lipinski definition) is 0. The third kappa shape index (κ3) is 1.65. The largest absolute Gasteiger partial charge is 0.294 e. The van der Waals surface area contributed by atoms with Crippen LogP contribution < -0.4 is 0 Å². The van der Waals surface area contributed by atoms with Gasteiger partial charge in [-0.05, 0) is 37.2 Å². The van der Waals surface area contributed by atoms with Crippen molar-refractivity contribution < 1.29 is 4.79 Å². The van der Waals surface area contributed by atoms with E-state index in [4.69, 9.17) is 0 Å². The van der Waals surface area contributed by atoms with Crippen molar-refractivity contribution in [1.82, 2.24) is 0 Å². The zero-order valence-corrected chi connectivity index (χ0v) is 10.1. The first-order valence-electron chi connectivity index (χ1n) is 5.50. The van der Waals surface area contributed by atoms with Crippen molar-refractivity contribution in [1.29, 1.82) is 0 Å². The highest BCUT2D eigenvalue weighted by Gasteiger charge is 2.51. The predicted molar refractivity (Wildman–Crippen MR) is 60.1 cm³/mol. The van der Waals surface area contributed by atoms with E-state index in [1.807, 2.05) is 13.0 Å². The van der Waals surface area contributed by atoms with E-state index >= 15 is 0 Å². The molecule has 14 heavy (non-hydrogen) atoms. The molecule has 0 spiro atoms. The summed E-state index contributed by atoms with van der Waals surface area (Å²) in [5.74, 6) is 0.971. The van der Waals surface area contributed by atoms with Gasteiger partial charge in [-0.2, -0.15) is 0 Å². The first kappa shape index (κ1) is 11.5. The first-order chi connectivity index (χ1) is 6.33. The maximum Gasteiger partial charge on any atom is 0.161 e. The number of allylic oxidation sites excluding steroid dienone is 2. The normalized spacial score (nSPS) is 36.5. The number of hydrogen-bond acceptors (Lipinski definition) is 1. The van der Waals surface area contributed by atoms with Crippen LogP contribution in [-0.4, -0.2) is 5.78 Å². The second kappa shape index (κ2) is 3.52. The minimum atomic E-state index is -0.154. The minimum absolute atomic E-state index is 0.142. The molecule has 0 aliphatic heterocycles. The molecule has 1 saturated carbocycles. The highest BCUT2D eigenvalue weighted by molar-refractivity contribution is 5.95. The van der Waals surface area contributed by atoms with Gasteiger partial charge in [0.15, 0.2) is 5.78 Å². The third-order valence-corrected chi connectivity index (χ3v) is 3.97. The molecule has 1 heteroatoms. The standard InChI is InChI=1S/C13H22O/c1-6-7-11(14)13(5)9-10(2)8-12(13,3)4/h6-7,10H,8-9H2,1-5H3/b7-6+. The average Bonchev–Trinajstić information content (AvgIpc) is 2.22. The molecule has 1 aliphatic carbocycles. The number of carbonyl (C=O) groups is 1. The molecular formula is C13H22O. The molecule has 0 radical (unpaired) electrons. The Morgan fingerprint density at radius 2 is 1.86 bits per heavy atom. The molecule has 0 N–H and O–H groups in total. The maximum atomic E-state index is 12.0. The molecule has 80 valence electrons. The molecule has 1 nitrogen and oxygen atoms in total. The summed E-state index contributed by atoms with van der Waals surface area (Å²) in [7, 11) is 0. The average molecular weight is 194 g/mol. The van der Waals surface area contributed by atoms with Crippen molar-refractivity contribution in [2.45, 2.75) is 47.5 Å². The van der Waals surface area contributed by atoms with Crippen LogP contribution in [0.1, 0.15) is 47.5 Å². The van der Waals surface area contributed by atoms with Crippen molar-refractivity contribution >= 4 is 5.78 Å². The lowest BCUT2D eigenvalue weighted by molar-refractivity contribution is -0.127. The summed E-state index contributed by atoms with van der Waals surface area (Å²) in [6.45, 7) is 10.7. The maximum absolute atomic E-state index is 12.0. The Balaban J connectivity index is 2.98. The Hall–Kier alpha value is -0.590. The van der Waals surface area contributed by atoms with Crippen molar-refractivity contribution in [3.63, 3.8) is 0 Å². The van der Waals surface area contributed by atoms with Crippen LogP contribution in [-0.2, 0) is 4.79 Å². The van der Waals surface area contributed by atoms with Gasteiger partial charge in [-0.3, -0.25) is 4.79 Å². The van der Waals surface area contributed by atoms with Gasteiger partial charge in [-0.25, -0.2) is 0 Å². The fraction of sp³-hybridized carbons (Fsp3) is 0.769. The van der Waals surface area contributed by atoms with Crippen molar-refractivity contribution in [2.75, 3.05) is 0 Å². The lowest BCUT2D eigenvalue weighted by atomic mass is 9.67. The Morgan fingerprint density at radius 1 is 1.29 bits per heavy atom. The van der Waals surface area contributed by atoms with Gasteiger partial charge < -0.3 is 0 Å². The van der Waals surface area contributed by atoms with E-state index < -0.39 is 0 Å². The van der Waals surface area contributed by atoms with Crippen LogP contribution in [0.4, 0.5) is 0 Å². The highest BCUT2D eigenvalue weighted by atomic mass is 16.1. The van der Waals surface area contributed by atoms with Crippen LogP contribution >= 0.6 is 0 Å². The molecule has 0 amide bonds. The fourth-order valence-corrected chi connectivity index (χ4v) is 2.91.